The Morgan fingerprint density at radius 3 is 1.69 bits per heavy atom. The van der Waals surface area contributed by atoms with Crippen molar-refractivity contribution in [1.29, 1.82) is 0 Å². The third kappa shape index (κ3) is 4.62. The van der Waals surface area contributed by atoms with E-state index < -0.39 is 10.8 Å². The van der Waals surface area contributed by atoms with Crippen LogP contribution in [0.2, 0.25) is 0 Å². The molecule has 32 heavy (non-hydrogen) atoms. The number of para-hydroxylation sites is 2. The van der Waals surface area contributed by atoms with Gasteiger partial charge in [0.05, 0.1) is 0 Å². The van der Waals surface area contributed by atoms with Gasteiger partial charge in [-0.3, -0.25) is 0 Å². The van der Waals surface area contributed by atoms with Crippen LogP contribution in [0.3, 0.4) is 0 Å². The molecule has 0 aliphatic rings. The lowest BCUT2D eigenvalue weighted by Crippen LogP contribution is -2.30. The van der Waals surface area contributed by atoms with Crippen molar-refractivity contribution in [3.8, 4) is 11.5 Å². The van der Waals surface area contributed by atoms with E-state index in [1.54, 1.807) is 24.3 Å². The highest BCUT2D eigenvalue weighted by Crippen LogP contribution is 2.48. The van der Waals surface area contributed by atoms with E-state index >= 15 is 0 Å². The molecule has 0 saturated heterocycles. The van der Waals surface area contributed by atoms with Gasteiger partial charge in [-0.2, -0.15) is 0 Å². The van der Waals surface area contributed by atoms with Crippen molar-refractivity contribution in [2.75, 3.05) is 0 Å². The number of aromatic hydroxyl groups is 2. The molecule has 0 saturated carbocycles. The van der Waals surface area contributed by atoms with Crippen molar-refractivity contribution < 1.29 is 15.3 Å². The topological polar surface area (TPSA) is 60.7 Å². The van der Waals surface area contributed by atoms with Crippen LogP contribution >= 0.6 is 0 Å². The molecule has 0 aliphatic heterocycles. The molecule has 0 heterocycles. The quantitative estimate of drug-likeness (QED) is 0.263. The van der Waals surface area contributed by atoms with Crippen LogP contribution < -0.4 is 0 Å². The van der Waals surface area contributed by atoms with Crippen molar-refractivity contribution >= 4 is 0 Å². The first-order valence-corrected chi connectivity index (χ1v) is 11.5. The van der Waals surface area contributed by atoms with Gasteiger partial charge in [0.25, 0.3) is 0 Å². The summed E-state index contributed by atoms with van der Waals surface area (Å²) in [6.07, 6.45) is 6.86. The van der Waals surface area contributed by atoms with Gasteiger partial charge in [0.1, 0.15) is 17.3 Å². The minimum atomic E-state index is -0.633. The summed E-state index contributed by atoms with van der Waals surface area (Å²) in [5.74, 6) is 0.573. The van der Waals surface area contributed by atoms with Crippen LogP contribution in [0.1, 0.15) is 71.4 Å². The number of hydrogen-bond donors (Lipinski definition) is 3. The predicted molar refractivity (Wildman–Crippen MR) is 134 cm³/mol. The molecule has 0 aromatic heterocycles. The number of phenolic OH excluding ortho intramolecular Hbond substituents is 2. The molecule has 0 spiro atoms. The number of allylic oxidation sites excluding steroid dienone is 4. The second-order valence-corrected chi connectivity index (χ2v) is 8.87. The van der Waals surface area contributed by atoms with Crippen LogP contribution in [0.15, 0.2) is 84.2 Å². The standard InChI is InChI=1S/C29H38O3/c1-7-19-28(5,23-15-11-13-17-25(23)30)21(9-3)27(32)22(10-4)29(6,20-8-2)24-16-12-14-18-26(24)31/h9-18,30-32H,3,7-8,19-20H2,1-2,4-6H3/b22-10+,27-21-. The lowest BCUT2D eigenvalue weighted by Gasteiger charge is -2.37. The smallest absolute Gasteiger partial charge is 0.123 e. The number of benzene rings is 2. The van der Waals surface area contributed by atoms with E-state index in [1.807, 2.05) is 50.3 Å². The zero-order chi connectivity index (χ0) is 23.9. The molecule has 2 aromatic carbocycles. The Labute approximate surface area is 193 Å². The van der Waals surface area contributed by atoms with Crippen LogP contribution in [-0.2, 0) is 10.8 Å². The molecule has 2 aromatic rings. The first-order valence-electron chi connectivity index (χ1n) is 11.5. The summed E-state index contributed by atoms with van der Waals surface area (Å²) in [5.41, 5.74) is 1.73. The average molecular weight is 435 g/mol. The van der Waals surface area contributed by atoms with Gasteiger partial charge in [0.15, 0.2) is 0 Å². The zero-order valence-corrected chi connectivity index (χ0v) is 20.2. The van der Waals surface area contributed by atoms with E-state index in [1.165, 1.54) is 0 Å². The highest BCUT2D eigenvalue weighted by Gasteiger charge is 2.39. The third-order valence-corrected chi connectivity index (χ3v) is 6.69. The maximum atomic E-state index is 11.8. The molecule has 0 fully saturated rings. The Balaban J connectivity index is 2.82. The molecule has 3 N–H and O–H groups in total. The van der Waals surface area contributed by atoms with Gasteiger partial charge in [0.2, 0.25) is 0 Å². The minimum absolute atomic E-state index is 0.154. The maximum Gasteiger partial charge on any atom is 0.123 e. The Bertz CT molecular complexity index is 1000. The Morgan fingerprint density at radius 1 is 0.844 bits per heavy atom. The first kappa shape index (κ1) is 25.3. The summed E-state index contributed by atoms with van der Waals surface area (Å²) in [6.45, 7) is 14.3. The number of aliphatic hydroxyl groups is 1. The molecule has 2 rings (SSSR count). The van der Waals surface area contributed by atoms with Crippen LogP contribution in [0.25, 0.3) is 0 Å². The lowest BCUT2D eigenvalue weighted by atomic mass is 9.67. The fraction of sp³-hybridized carbons (Fsp3) is 0.379. The summed E-state index contributed by atoms with van der Waals surface area (Å²) < 4.78 is 0. The van der Waals surface area contributed by atoms with Crippen LogP contribution in [-0.4, -0.2) is 15.3 Å². The molecule has 2 atom stereocenters. The molecule has 0 radical (unpaired) electrons. The van der Waals surface area contributed by atoms with E-state index in [4.69, 9.17) is 0 Å². The molecular formula is C29H38O3. The van der Waals surface area contributed by atoms with Gasteiger partial charge < -0.3 is 15.3 Å². The fourth-order valence-electron chi connectivity index (χ4n) is 5.15. The molecule has 3 nitrogen and oxygen atoms in total. The monoisotopic (exact) mass is 434 g/mol. The van der Waals surface area contributed by atoms with Gasteiger partial charge in [-0.25, -0.2) is 0 Å². The second-order valence-electron chi connectivity index (χ2n) is 8.87. The second kappa shape index (κ2) is 10.6. The number of aliphatic hydroxyl groups excluding tert-OH is 1. The first-order chi connectivity index (χ1) is 15.2. The van der Waals surface area contributed by atoms with E-state index in [0.29, 0.717) is 5.57 Å². The lowest BCUT2D eigenvalue weighted by molar-refractivity contribution is 0.355. The summed E-state index contributed by atoms with van der Waals surface area (Å²) in [6, 6.07) is 14.6. The Hall–Kier alpha value is -2.94. The Morgan fingerprint density at radius 2 is 1.28 bits per heavy atom. The fourth-order valence-corrected chi connectivity index (χ4v) is 5.15. The van der Waals surface area contributed by atoms with Gasteiger partial charge in [-0.15, -0.1) is 0 Å². The number of rotatable bonds is 10. The molecule has 3 heteroatoms. The van der Waals surface area contributed by atoms with E-state index in [0.717, 1.165) is 42.4 Å². The van der Waals surface area contributed by atoms with Crippen molar-refractivity contribution in [2.45, 2.75) is 71.1 Å². The van der Waals surface area contributed by atoms with E-state index in [-0.39, 0.29) is 17.3 Å². The van der Waals surface area contributed by atoms with E-state index in [2.05, 4.69) is 27.4 Å². The predicted octanol–water partition coefficient (Wildman–Crippen LogP) is 7.86. The zero-order valence-electron chi connectivity index (χ0n) is 20.2. The highest BCUT2D eigenvalue weighted by molar-refractivity contribution is 5.55. The number of phenols is 2. The normalized spacial score (nSPS) is 16.6. The maximum absolute atomic E-state index is 11.8. The van der Waals surface area contributed by atoms with Gasteiger partial charge >= 0.3 is 0 Å². The van der Waals surface area contributed by atoms with Crippen molar-refractivity contribution in [3.05, 3.63) is 95.3 Å². The van der Waals surface area contributed by atoms with Crippen molar-refractivity contribution in [2.24, 2.45) is 0 Å². The van der Waals surface area contributed by atoms with Crippen LogP contribution in [0.4, 0.5) is 0 Å². The summed E-state index contributed by atoms with van der Waals surface area (Å²) in [4.78, 5) is 0. The molecule has 0 aliphatic carbocycles. The largest absolute Gasteiger partial charge is 0.508 e. The summed E-state index contributed by atoms with van der Waals surface area (Å²) in [5, 5.41) is 33.1. The van der Waals surface area contributed by atoms with Gasteiger partial charge in [0, 0.05) is 33.1 Å². The SMILES string of the molecule is C=C/C(=C(O)\C(=C/C)C(C)(CCC)c1ccccc1O)C(C)(CCC)c1ccccc1O. The van der Waals surface area contributed by atoms with Crippen molar-refractivity contribution in [3.63, 3.8) is 0 Å². The minimum Gasteiger partial charge on any atom is -0.508 e. The molecule has 0 amide bonds. The van der Waals surface area contributed by atoms with Gasteiger partial charge in [-0.1, -0.05) is 95.7 Å². The average Bonchev–Trinajstić information content (AvgIpc) is 2.75. The Kier molecular flexibility index (Phi) is 8.38. The van der Waals surface area contributed by atoms with Crippen molar-refractivity contribution in [1.82, 2.24) is 0 Å². The van der Waals surface area contributed by atoms with E-state index in [9.17, 15) is 15.3 Å². The third-order valence-electron chi connectivity index (χ3n) is 6.69. The van der Waals surface area contributed by atoms with Crippen LogP contribution in [0, 0.1) is 0 Å². The highest BCUT2D eigenvalue weighted by atomic mass is 16.3. The summed E-state index contributed by atoms with van der Waals surface area (Å²) >= 11 is 0. The molecular weight excluding hydrogens is 396 g/mol. The molecule has 2 unspecified atom stereocenters. The van der Waals surface area contributed by atoms with Crippen LogP contribution in [0.5, 0.6) is 11.5 Å². The molecule has 0 bridgehead atoms. The number of hydrogen-bond acceptors (Lipinski definition) is 3. The van der Waals surface area contributed by atoms with Gasteiger partial charge in [-0.05, 0) is 31.9 Å². The summed E-state index contributed by atoms with van der Waals surface area (Å²) in [7, 11) is 0. The molecule has 172 valence electrons.